The van der Waals surface area contributed by atoms with Crippen LogP contribution in [0.4, 0.5) is 0 Å². The van der Waals surface area contributed by atoms with Crippen LogP contribution in [0.15, 0.2) is 34.3 Å². The predicted octanol–water partition coefficient (Wildman–Crippen LogP) is 4.38. The van der Waals surface area contributed by atoms with Gasteiger partial charge in [0.15, 0.2) is 6.29 Å². The molecule has 0 aliphatic carbocycles. The van der Waals surface area contributed by atoms with E-state index in [1.54, 1.807) is 24.1 Å². The molecule has 0 saturated heterocycles. The zero-order chi connectivity index (χ0) is 11.9. The third-order valence-corrected chi connectivity index (χ3v) is 3.24. The van der Waals surface area contributed by atoms with E-state index in [9.17, 15) is 4.79 Å². The Labute approximate surface area is 113 Å². The monoisotopic (exact) mass is 330 g/mol. The van der Waals surface area contributed by atoms with Crippen molar-refractivity contribution < 1.29 is 4.79 Å². The summed E-state index contributed by atoms with van der Waals surface area (Å²) in [5.41, 5.74) is 1.52. The van der Waals surface area contributed by atoms with E-state index in [4.69, 9.17) is 34.8 Å². The van der Waals surface area contributed by atoms with Gasteiger partial charge in [0.2, 0.25) is 0 Å². The maximum atomic E-state index is 10.4. The summed E-state index contributed by atoms with van der Waals surface area (Å²) in [5, 5.41) is -0.445. The Morgan fingerprint density at radius 3 is 2.53 bits per heavy atom. The van der Waals surface area contributed by atoms with Crippen LogP contribution in [0.25, 0.3) is 0 Å². The number of carbonyl (C=O) groups is 1. The van der Waals surface area contributed by atoms with Gasteiger partial charge in [0.1, 0.15) is 0 Å². The summed E-state index contributed by atoms with van der Waals surface area (Å²) in [6.07, 6.45) is 5.49. The van der Waals surface area contributed by atoms with Crippen LogP contribution in [0, 0.1) is 0 Å². The van der Waals surface area contributed by atoms with Gasteiger partial charge < -0.3 is 0 Å². The number of hydrogen-bond donors (Lipinski definition) is 0. The van der Waals surface area contributed by atoms with Gasteiger partial charge in [0.25, 0.3) is 0 Å². The summed E-state index contributed by atoms with van der Waals surface area (Å²) in [4.78, 5) is 11.3. The number of hydrogen-bond acceptors (Lipinski definition) is 1. The van der Waals surface area contributed by atoms with Crippen LogP contribution in [0.1, 0.15) is 6.92 Å². The molecule has 0 amide bonds. The zero-order valence-corrected chi connectivity index (χ0v) is 11.8. The average Bonchev–Trinajstić information content (AvgIpc) is 2.19. The van der Waals surface area contributed by atoms with Gasteiger partial charge in [-0.15, -0.1) is 23.2 Å². The summed E-state index contributed by atoms with van der Waals surface area (Å²) in [5.74, 6) is 0. The minimum Gasteiger partial charge on any atom is -0.298 e. The Morgan fingerprint density at radius 1 is 1.53 bits per heavy atom. The number of halogens is 4. The van der Waals surface area contributed by atoms with Crippen molar-refractivity contribution in [1.82, 2.24) is 0 Å². The minimum absolute atomic E-state index is 0.345. The lowest BCUT2D eigenvalue weighted by Gasteiger charge is -2.20. The molecule has 5 heteroatoms. The molecule has 1 nitrogen and oxygen atoms in total. The van der Waals surface area contributed by atoms with E-state index < -0.39 is 10.3 Å². The minimum atomic E-state index is -0.720. The molecule has 0 aromatic heterocycles. The topological polar surface area (TPSA) is 17.1 Å². The number of aldehydes is 1. The van der Waals surface area contributed by atoms with Crippen LogP contribution in [0.2, 0.25) is 0 Å². The summed E-state index contributed by atoms with van der Waals surface area (Å²) >= 11 is 20.7. The van der Waals surface area contributed by atoms with Gasteiger partial charge in [-0.3, -0.25) is 4.79 Å². The fourth-order valence-corrected chi connectivity index (χ4v) is 1.81. The van der Waals surface area contributed by atoms with E-state index in [2.05, 4.69) is 15.9 Å². The molecular formula is C10H10BrCl3O. The molecule has 2 atom stereocenters. The van der Waals surface area contributed by atoms with Gasteiger partial charge in [0.05, 0.1) is 10.3 Å². The number of carbonyl (C=O) groups excluding carboxylic acids is 1. The highest BCUT2D eigenvalue weighted by molar-refractivity contribution is 9.11. The van der Waals surface area contributed by atoms with Gasteiger partial charge in [-0.1, -0.05) is 45.8 Å². The first kappa shape index (κ1) is 15.2. The van der Waals surface area contributed by atoms with Crippen LogP contribution >= 0.6 is 50.7 Å². The van der Waals surface area contributed by atoms with Crippen molar-refractivity contribution in [1.29, 1.82) is 0 Å². The molecule has 0 aromatic rings. The molecule has 0 aliphatic heterocycles. The first-order valence-electron chi connectivity index (χ1n) is 4.02. The Kier molecular flexibility index (Phi) is 7.62. The van der Waals surface area contributed by atoms with E-state index in [1.165, 1.54) is 11.6 Å². The number of rotatable bonds is 5. The van der Waals surface area contributed by atoms with Gasteiger partial charge in [-0.2, -0.15) is 0 Å². The highest BCUT2D eigenvalue weighted by Gasteiger charge is 2.25. The van der Waals surface area contributed by atoms with Crippen molar-refractivity contribution in [2.45, 2.75) is 17.2 Å². The van der Waals surface area contributed by atoms with E-state index in [0.717, 1.165) is 0 Å². The second kappa shape index (κ2) is 7.50. The number of allylic oxidation sites excluding steroid dienone is 4. The van der Waals surface area contributed by atoms with Crippen LogP contribution in [-0.2, 0) is 4.79 Å². The third-order valence-electron chi connectivity index (χ3n) is 1.65. The molecule has 0 bridgehead atoms. The average molecular weight is 332 g/mol. The second-order valence-electron chi connectivity index (χ2n) is 2.93. The van der Waals surface area contributed by atoms with E-state index >= 15 is 0 Å². The number of alkyl halides is 2. The molecule has 0 saturated carbocycles. The Balaban J connectivity index is 4.61. The van der Waals surface area contributed by atoms with Crippen molar-refractivity contribution in [3.05, 3.63) is 34.3 Å². The van der Waals surface area contributed by atoms with E-state index in [1.807, 2.05) is 0 Å². The molecular weight excluding hydrogens is 322 g/mol. The summed E-state index contributed by atoms with van der Waals surface area (Å²) < 4.78 is 0. The van der Waals surface area contributed by atoms with Gasteiger partial charge >= 0.3 is 0 Å². The predicted molar refractivity (Wildman–Crippen MR) is 71.1 cm³/mol. The second-order valence-corrected chi connectivity index (χ2v) is 4.96. The molecule has 0 N–H and O–H groups in total. The Morgan fingerprint density at radius 2 is 2.13 bits per heavy atom. The third kappa shape index (κ3) is 5.76. The molecule has 0 spiro atoms. The highest BCUT2D eigenvalue weighted by atomic mass is 79.9. The standard InChI is InChI=1S/C10H10BrCl3O/c1-10(14,4-5-11)9(13)3-2-8(6-12)7-15/h2-7,9H,1H3. The van der Waals surface area contributed by atoms with Crippen molar-refractivity contribution in [2.24, 2.45) is 0 Å². The van der Waals surface area contributed by atoms with E-state index in [-0.39, 0.29) is 0 Å². The smallest absolute Gasteiger partial charge is 0.150 e. The maximum absolute atomic E-state index is 10.4. The Bertz CT molecular complexity index is 295. The van der Waals surface area contributed by atoms with Gasteiger partial charge in [-0.05, 0) is 11.9 Å². The molecule has 0 fully saturated rings. The first-order chi connectivity index (χ1) is 6.97. The molecule has 0 aromatic carbocycles. The molecule has 0 rings (SSSR count). The molecule has 15 heavy (non-hydrogen) atoms. The van der Waals surface area contributed by atoms with Crippen LogP contribution < -0.4 is 0 Å². The quantitative estimate of drug-likeness (QED) is 0.316. The highest BCUT2D eigenvalue weighted by Crippen LogP contribution is 2.27. The first-order valence-corrected chi connectivity index (χ1v) is 6.19. The molecule has 0 aliphatic rings. The molecule has 0 radical (unpaired) electrons. The van der Waals surface area contributed by atoms with Crippen molar-refractivity contribution in [3.8, 4) is 0 Å². The van der Waals surface area contributed by atoms with Gasteiger partial charge in [-0.25, -0.2) is 0 Å². The van der Waals surface area contributed by atoms with Crippen molar-refractivity contribution in [2.75, 3.05) is 0 Å². The molecule has 2 unspecified atom stereocenters. The normalized spacial score (nSPS) is 19.4. The lowest BCUT2D eigenvalue weighted by atomic mass is 10.1. The van der Waals surface area contributed by atoms with Crippen LogP contribution in [0.3, 0.4) is 0 Å². The van der Waals surface area contributed by atoms with Gasteiger partial charge in [0, 0.05) is 11.1 Å². The lowest BCUT2D eigenvalue weighted by Crippen LogP contribution is -2.24. The molecule has 84 valence electrons. The van der Waals surface area contributed by atoms with Crippen LogP contribution in [0.5, 0.6) is 0 Å². The summed E-state index contributed by atoms with van der Waals surface area (Å²) in [7, 11) is 0. The SMILES string of the molecule is CC(Cl)(C=CBr)C(Cl)C=CC(C=O)=CCl. The Hall–Kier alpha value is 0.240. The molecule has 0 heterocycles. The van der Waals surface area contributed by atoms with E-state index in [0.29, 0.717) is 11.9 Å². The summed E-state index contributed by atoms with van der Waals surface area (Å²) in [6.45, 7) is 1.76. The summed E-state index contributed by atoms with van der Waals surface area (Å²) in [6, 6.07) is 0. The van der Waals surface area contributed by atoms with Crippen LogP contribution in [-0.4, -0.2) is 16.5 Å². The fourth-order valence-electron chi connectivity index (χ4n) is 0.700. The van der Waals surface area contributed by atoms with Crippen molar-refractivity contribution in [3.63, 3.8) is 0 Å². The lowest BCUT2D eigenvalue weighted by molar-refractivity contribution is -0.104. The fraction of sp³-hybridized carbons (Fsp3) is 0.300. The largest absolute Gasteiger partial charge is 0.298 e. The zero-order valence-electron chi connectivity index (χ0n) is 7.96. The van der Waals surface area contributed by atoms with Crippen molar-refractivity contribution >= 4 is 57.0 Å². The maximum Gasteiger partial charge on any atom is 0.150 e.